The second-order valence-corrected chi connectivity index (χ2v) is 6.35. The Kier molecular flexibility index (Phi) is 7.37. The molecule has 0 heterocycles. The molecule has 0 amide bonds. The van der Waals surface area contributed by atoms with Gasteiger partial charge in [0.1, 0.15) is 5.75 Å². The van der Waals surface area contributed by atoms with Crippen LogP contribution >= 0.6 is 0 Å². The molecule has 0 aromatic heterocycles. The van der Waals surface area contributed by atoms with E-state index in [4.69, 9.17) is 4.74 Å². The molecule has 1 rings (SSSR count). The summed E-state index contributed by atoms with van der Waals surface area (Å²) in [5.41, 5.74) is 4.85. The second kappa shape index (κ2) is 8.54. The summed E-state index contributed by atoms with van der Waals surface area (Å²) in [5, 5.41) is 20.1. The van der Waals surface area contributed by atoms with Crippen molar-refractivity contribution in [2.75, 3.05) is 6.61 Å². The van der Waals surface area contributed by atoms with Gasteiger partial charge in [-0.3, -0.25) is 0 Å². The Balaban J connectivity index is 2.98. The Morgan fingerprint density at radius 1 is 1.05 bits per heavy atom. The average molecular weight is 308 g/mol. The minimum absolute atomic E-state index is 0.205. The number of aliphatic hydroxyl groups is 2. The maximum Gasteiger partial charge on any atom is 0.122 e. The van der Waals surface area contributed by atoms with Gasteiger partial charge in [0.05, 0.1) is 18.8 Å². The predicted molar refractivity (Wildman–Crippen MR) is 91.8 cm³/mol. The van der Waals surface area contributed by atoms with E-state index in [1.165, 1.54) is 16.7 Å². The van der Waals surface area contributed by atoms with Crippen molar-refractivity contribution in [1.29, 1.82) is 0 Å². The third-order valence-electron chi connectivity index (χ3n) is 4.52. The lowest BCUT2D eigenvalue weighted by Crippen LogP contribution is -2.27. The monoisotopic (exact) mass is 308 g/mol. The first-order valence-corrected chi connectivity index (χ1v) is 8.42. The average Bonchev–Trinajstić information content (AvgIpc) is 2.45. The molecule has 3 unspecified atom stereocenters. The molecule has 0 aliphatic carbocycles. The van der Waals surface area contributed by atoms with Crippen molar-refractivity contribution in [3.8, 4) is 5.75 Å². The SMILES string of the molecule is CCCC(O)C(O)CC(C)c1c(C)cc(OCC)c(C)c1C. The second-order valence-electron chi connectivity index (χ2n) is 6.35. The summed E-state index contributed by atoms with van der Waals surface area (Å²) in [5.74, 6) is 1.15. The van der Waals surface area contributed by atoms with E-state index in [9.17, 15) is 10.2 Å². The zero-order chi connectivity index (χ0) is 16.9. The van der Waals surface area contributed by atoms with Gasteiger partial charge >= 0.3 is 0 Å². The topological polar surface area (TPSA) is 49.7 Å². The molecule has 0 aliphatic rings. The van der Waals surface area contributed by atoms with Crippen molar-refractivity contribution < 1.29 is 14.9 Å². The van der Waals surface area contributed by atoms with Crippen LogP contribution in [-0.4, -0.2) is 29.0 Å². The largest absolute Gasteiger partial charge is 0.494 e. The van der Waals surface area contributed by atoms with E-state index in [0.29, 0.717) is 19.4 Å². The number of hydrogen-bond acceptors (Lipinski definition) is 3. The van der Waals surface area contributed by atoms with Crippen LogP contribution in [0.2, 0.25) is 0 Å². The zero-order valence-corrected chi connectivity index (χ0v) is 14.9. The molecule has 0 saturated carbocycles. The highest BCUT2D eigenvalue weighted by Crippen LogP contribution is 2.34. The van der Waals surface area contributed by atoms with Crippen LogP contribution in [0.4, 0.5) is 0 Å². The van der Waals surface area contributed by atoms with E-state index in [1.54, 1.807) is 0 Å². The predicted octanol–water partition coefficient (Wildman–Crippen LogP) is 4.03. The van der Waals surface area contributed by atoms with Crippen molar-refractivity contribution in [2.45, 2.75) is 78.9 Å². The van der Waals surface area contributed by atoms with Gasteiger partial charge in [-0.1, -0.05) is 20.3 Å². The Hall–Kier alpha value is -1.06. The maximum atomic E-state index is 10.2. The van der Waals surface area contributed by atoms with Crippen LogP contribution in [0.1, 0.15) is 68.2 Å². The van der Waals surface area contributed by atoms with Crippen molar-refractivity contribution in [2.24, 2.45) is 0 Å². The molecule has 3 nitrogen and oxygen atoms in total. The molecule has 0 saturated heterocycles. The van der Waals surface area contributed by atoms with Gasteiger partial charge < -0.3 is 14.9 Å². The smallest absolute Gasteiger partial charge is 0.122 e. The highest BCUT2D eigenvalue weighted by molar-refractivity contribution is 5.49. The Labute approximate surface area is 135 Å². The highest BCUT2D eigenvalue weighted by Gasteiger charge is 2.22. The molecule has 0 bridgehead atoms. The molecule has 126 valence electrons. The normalized spacial score (nSPS) is 15.5. The van der Waals surface area contributed by atoms with Crippen LogP contribution in [-0.2, 0) is 0 Å². The van der Waals surface area contributed by atoms with Crippen LogP contribution in [0.3, 0.4) is 0 Å². The summed E-state index contributed by atoms with van der Waals surface area (Å²) in [6.45, 7) is 13.1. The fourth-order valence-electron chi connectivity index (χ4n) is 3.25. The molecular formula is C19H32O3. The molecule has 22 heavy (non-hydrogen) atoms. The molecular weight excluding hydrogens is 276 g/mol. The van der Waals surface area contributed by atoms with E-state index >= 15 is 0 Å². The van der Waals surface area contributed by atoms with E-state index in [0.717, 1.165) is 17.7 Å². The van der Waals surface area contributed by atoms with Crippen molar-refractivity contribution in [3.05, 3.63) is 28.3 Å². The van der Waals surface area contributed by atoms with E-state index in [2.05, 4.69) is 33.8 Å². The molecule has 0 fully saturated rings. The highest BCUT2D eigenvalue weighted by atomic mass is 16.5. The number of benzene rings is 1. The summed E-state index contributed by atoms with van der Waals surface area (Å²) in [6.07, 6.45) is 0.814. The third kappa shape index (κ3) is 4.47. The van der Waals surface area contributed by atoms with Gasteiger partial charge in [0.2, 0.25) is 0 Å². The molecule has 0 radical (unpaired) electrons. The lowest BCUT2D eigenvalue weighted by atomic mass is 9.85. The van der Waals surface area contributed by atoms with Gasteiger partial charge in [-0.25, -0.2) is 0 Å². The number of aryl methyl sites for hydroxylation is 1. The summed E-state index contributed by atoms with van der Waals surface area (Å²) in [4.78, 5) is 0. The van der Waals surface area contributed by atoms with Gasteiger partial charge in [0.15, 0.2) is 0 Å². The van der Waals surface area contributed by atoms with Crippen molar-refractivity contribution >= 4 is 0 Å². The summed E-state index contributed by atoms with van der Waals surface area (Å²) >= 11 is 0. The van der Waals surface area contributed by atoms with Crippen molar-refractivity contribution in [1.82, 2.24) is 0 Å². The van der Waals surface area contributed by atoms with Gasteiger partial charge in [-0.05, 0) is 74.8 Å². The summed E-state index contributed by atoms with van der Waals surface area (Å²) < 4.78 is 5.69. The fourth-order valence-corrected chi connectivity index (χ4v) is 3.25. The van der Waals surface area contributed by atoms with E-state index in [-0.39, 0.29) is 5.92 Å². The maximum absolute atomic E-state index is 10.2. The fraction of sp³-hybridized carbons (Fsp3) is 0.684. The first-order chi connectivity index (χ1) is 10.3. The van der Waals surface area contributed by atoms with Gasteiger partial charge in [-0.15, -0.1) is 0 Å². The molecule has 3 heteroatoms. The minimum atomic E-state index is -0.666. The Morgan fingerprint density at radius 3 is 2.23 bits per heavy atom. The van der Waals surface area contributed by atoms with Crippen LogP contribution in [0.5, 0.6) is 5.75 Å². The molecule has 2 N–H and O–H groups in total. The van der Waals surface area contributed by atoms with E-state index in [1.807, 2.05) is 13.8 Å². The molecule has 0 aliphatic heterocycles. The first kappa shape index (κ1) is 19.0. The van der Waals surface area contributed by atoms with Crippen molar-refractivity contribution in [3.63, 3.8) is 0 Å². The van der Waals surface area contributed by atoms with Crippen LogP contribution in [0.15, 0.2) is 6.07 Å². The van der Waals surface area contributed by atoms with Crippen LogP contribution < -0.4 is 4.74 Å². The molecule has 0 spiro atoms. The number of hydrogen-bond donors (Lipinski definition) is 2. The molecule has 3 atom stereocenters. The zero-order valence-electron chi connectivity index (χ0n) is 14.9. The molecule has 1 aromatic rings. The number of rotatable bonds is 8. The van der Waals surface area contributed by atoms with Gasteiger partial charge in [0.25, 0.3) is 0 Å². The van der Waals surface area contributed by atoms with Gasteiger partial charge in [0, 0.05) is 0 Å². The quantitative estimate of drug-likeness (QED) is 0.762. The Bertz CT molecular complexity index is 482. The lowest BCUT2D eigenvalue weighted by molar-refractivity contribution is 0.00632. The number of ether oxygens (including phenoxy) is 1. The third-order valence-corrected chi connectivity index (χ3v) is 4.52. The first-order valence-electron chi connectivity index (χ1n) is 8.42. The van der Waals surface area contributed by atoms with Crippen LogP contribution in [0.25, 0.3) is 0 Å². The summed E-state index contributed by atoms with van der Waals surface area (Å²) in [7, 11) is 0. The minimum Gasteiger partial charge on any atom is -0.494 e. The lowest BCUT2D eigenvalue weighted by Gasteiger charge is -2.25. The molecule has 1 aromatic carbocycles. The number of aliphatic hydroxyl groups excluding tert-OH is 2. The van der Waals surface area contributed by atoms with E-state index < -0.39 is 12.2 Å². The van der Waals surface area contributed by atoms with Gasteiger partial charge in [-0.2, -0.15) is 0 Å². The standard InChI is InChI=1S/C19H32O3/c1-7-9-16(20)17(21)10-12(3)19-13(4)11-18(22-8-2)14(5)15(19)6/h11-12,16-17,20-21H,7-10H2,1-6H3. The Morgan fingerprint density at radius 2 is 1.68 bits per heavy atom. The van der Waals surface area contributed by atoms with Crippen LogP contribution in [0, 0.1) is 20.8 Å². The summed E-state index contributed by atoms with van der Waals surface area (Å²) in [6, 6.07) is 2.09.